The van der Waals surface area contributed by atoms with Gasteiger partial charge in [0.1, 0.15) is 4.90 Å². The Labute approximate surface area is 148 Å². The van der Waals surface area contributed by atoms with E-state index in [0.717, 1.165) is 25.7 Å². The molecule has 0 bridgehead atoms. The zero-order valence-corrected chi connectivity index (χ0v) is 15.2. The van der Waals surface area contributed by atoms with Gasteiger partial charge in [-0.3, -0.25) is 4.79 Å². The minimum absolute atomic E-state index is 0.0613. The summed E-state index contributed by atoms with van der Waals surface area (Å²) in [5.41, 5.74) is 0.486. The minimum atomic E-state index is -3.60. The van der Waals surface area contributed by atoms with Crippen LogP contribution in [0.15, 0.2) is 23.1 Å². The lowest BCUT2D eigenvalue weighted by molar-refractivity contribution is -0.117. The molecule has 7 heteroatoms. The van der Waals surface area contributed by atoms with Crippen molar-refractivity contribution < 1.29 is 13.2 Å². The second kappa shape index (κ2) is 7.42. The van der Waals surface area contributed by atoms with E-state index in [0.29, 0.717) is 31.1 Å². The number of rotatable bonds is 5. The van der Waals surface area contributed by atoms with Crippen molar-refractivity contribution in [2.24, 2.45) is 5.92 Å². The van der Waals surface area contributed by atoms with Crippen LogP contribution in [-0.4, -0.2) is 31.7 Å². The largest absolute Gasteiger partial charge is 0.326 e. The number of hydrogen-bond acceptors (Lipinski definition) is 3. The van der Waals surface area contributed by atoms with Crippen LogP contribution in [0.2, 0.25) is 5.02 Å². The van der Waals surface area contributed by atoms with Gasteiger partial charge in [-0.25, -0.2) is 8.42 Å². The summed E-state index contributed by atoms with van der Waals surface area (Å²) in [6.45, 7) is 1.05. The zero-order chi connectivity index (χ0) is 17.2. The van der Waals surface area contributed by atoms with Crippen molar-refractivity contribution in [2.75, 3.05) is 18.4 Å². The van der Waals surface area contributed by atoms with E-state index in [1.807, 2.05) is 0 Å². The molecule has 1 aliphatic carbocycles. The highest BCUT2D eigenvalue weighted by atomic mass is 35.5. The maximum absolute atomic E-state index is 12.7. The van der Waals surface area contributed by atoms with E-state index in [-0.39, 0.29) is 15.8 Å². The van der Waals surface area contributed by atoms with Crippen LogP contribution in [0.1, 0.15) is 44.9 Å². The summed E-state index contributed by atoms with van der Waals surface area (Å²) in [6, 6.07) is 4.66. The van der Waals surface area contributed by atoms with Gasteiger partial charge in [-0.05, 0) is 49.8 Å². The Kier molecular flexibility index (Phi) is 5.47. The fourth-order valence-corrected chi connectivity index (χ4v) is 5.55. The minimum Gasteiger partial charge on any atom is -0.326 e. The van der Waals surface area contributed by atoms with Crippen LogP contribution >= 0.6 is 11.6 Å². The molecule has 0 unspecified atom stereocenters. The third-order valence-electron chi connectivity index (χ3n) is 4.85. The number of nitrogens with one attached hydrogen (secondary N) is 1. The third kappa shape index (κ3) is 3.92. The standard InChI is InChI=1S/C17H23ClN2O3S/c18-15-8-7-14(19-17(21)11-13-5-1-2-6-13)12-16(15)24(22,23)20-9-3-4-10-20/h7-8,12-13H,1-6,9-11H2,(H,19,21). The van der Waals surface area contributed by atoms with Crippen LogP contribution < -0.4 is 5.32 Å². The Morgan fingerprint density at radius 2 is 1.83 bits per heavy atom. The molecule has 1 amide bonds. The summed E-state index contributed by atoms with van der Waals surface area (Å²) in [5.74, 6) is 0.388. The van der Waals surface area contributed by atoms with E-state index in [1.165, 1.54) is 29.3 Å². The summed E-state index contributed by atoms with van der Waals surface area (Å²) in [6.07, 6.45) is 6.82. The molecule has 1 saturated carbocycles. The number of sulfonamides is 1. The fraction of sp³-hybridized carbons (Fsp3) is 0.588. The summed E-state index contributed by atoms with van der Waals surface area (Å²) in [4.78, 5) is 12.2. The highest BCUT2D eigenvalue weighted by Crippen LogP contribution is 2.31. The van der Waals surface area contributed by atoms with Gasteiger partial charge < -0.3 is 5.32 Å². The molecular formula is C17H23ClN2O3S. The Balaban J connectivity index is 1.74. The van der Waals surface area contributed by atoms with Crippen molar-refractivity contribution in [1.29, 1.82) is 0 Å². The third-order valence-corrected chi connectivity index (χ3v) is 7.23. The van der Waals surface area contributed by atoms with Crippen molar-refractivity contribution in [3.05, 3.63) is 23.2 Å². The van der Waals surface area contributed by atoms with E-state index < -0.39 is 10.0 Å². The van der Waals surface area contributed by atoms with Gasteiger partial charge in [0, 0.05) is 25.2 Å². The van der Waals surface area contributed by atoms with E-state index in [1.54, 1.807) is 6.07 Å². The molecule has 0 atom stereocenters. The number of halogens is 1. The smallest absolute Gasteiger partial charge is 0.244 e. The van der Waals surface area contributed by atoms with E-state index in [9.17, 15) is 13.2 Å². The van der Waals surface area contributed by atoms with Crippen molar-refractivity contribution in [3.8, 4) is 0 Å². The SMILES string of the molecule is O=C(CC1CCCC1)Nc1ccc(Cl)c(S(=O)(=O)N2CCCC2)c1. The molecule has 0 aromatic heterocycles. The van der Waals surface area contributed by atoms with Gasteiger partial charge in [0.25, 0.3) is 0 Å². The number of nitrogens with zero attached hydrogens (tertiary/aromatic N) is 1. The number of anilines is 1. The van der Waals surface area contributed by atoms with Crippen LogP contribution in [0, 0.1) is 5.92 Å². The maximum atomic E-state index is 12.7. The van der Waals surface area contributed by atoms with Gasteiger partial charge in [0.05, 0.1) is 5.02 Å². The van der Waals surface area contributed by atoms with Gasteiger partial charge in [-0.15, -0.1) is 0 Å². The second-order valence-electron chi connectivity index (χ2n) is 6.66. The lowest BCUT2D eigenvalue weighted by Crippen LogP contribution is -2.28. The van der Waals surface area contributed by atoms with Crippen LogP contribution in [0.4, 0.5) is 5.69 Å². The lowest BCUT2D eigenvalue weighted by atomic mass is 10.0. The molecule has 3 rings (SSSR count). The Hall–Kier alpha value is -1.11. The van der Waals surface area contributed by atoms with Gasteiger partial charge in [-0.1, -0.05) is 24.4 Å². The zero-order valence-electron chi connectivity index (χ0n) is 13.6. The quantitative estimate of drug-likeness (QED) is 0.860. The van der Waals surface area contributed by atoms with Crippen LogP contribution in [0.3, 0.4) is 0 Å². The first kappa shape index (κ1) is 17.7. The van der Waals surface area contributed by atoms with Gasteiger partial charge in [0.15, 0.2) is 0 Å². The molecule has 0 spiro atoms. The molecule has 1 heterocycles. The van der Waals surface area contributed by atoms with Crippen molar-refractivity contribution in [3.63, 3.8) is 0 Å². The lowest BCUT2D eigenvalue weighted by Gasteiger charge is -2.17. The Morgan fingerprint density at radius 3 is 2.50 bits per heavy atom. The van der Waals surface area contributed by atoms with Crippen LogP contribution in [0.5, 0.6) is 0 Å². The summed E-state index contributed by atoms with van der Waals surface area (Å²) in [5, 5.41) is 3.01. The average Bonchev–Trinajstić information content (AvgIpc) is 3.22. The number of carbonyl (C=O) groups excluding carboxylic acids is 1. The molecule has 24 heavy (non-hydrogen) atoms. The highest BCUT2D eigenvalue weighted by Gasteiger charge is 2.29. The van der Waals surface area contributed by atoms with Gasteiger partial charge in [0.2, 0.25) is 15.9 Å². The molecule has 2 fully saturated rings. The molecule has 132 valence electrons. The topological polar surface area (TPSA) is 66.5 Å². The number of benzene rings is 1. The van der Waals surface area contributed by atoms with Crippen molar-refractivity contribution >= 4 is 33.2 Å². The molecular weight excluding hydrogens is 348 g/mol. The van der Waals surface area contributed by atoms with E-state index in [2.05, 4.69) is 5.32 Å². The molecule has 5 nitrogen and oxygen atoms in total. The molecule has 1 aromatic rings. The first-order valence-corrected chi connectivity index (χ1v) is 10.4. The molecule has 1 saturated heterocycles. The molecule has 0 radical (unpaired) electrons. The van der Waals surface area contributed by atoms with Crippen LogP contribution in [-0.2, 0) is 14.8 Å². The molecule has 1 aliphatic heterocycles. The van der Waals surface area contributed by atoms with E-state index >= 15 is 0 Å². The predicted molar refractivity (Wildman–Crippen MR) is 94.6 cm³/mol. The number of carbonyl (C=O) groups is 1. The Bertz CT molecular complexity index is 709. The number of hydrogen-bond donors (Lipinski definition) is 1. The van der Waals surface area contributed by atoms with Crippen LogP contribution in [0.25, 0.3) is 0 Å². The van der Waals surface area contributed by atoms with Gasteiger partial charge >= 0.3 is 0 Å². The normalized spacial score (nSPS) is 19.7. The molecule has 1 aromatic carbocycles. The average molecular weight is 371 g/mol. The van der Waals surface area contributed by atoms with E-state index in [4.69, 9.17) is 11.6 Å². The van der Waals surface area contributed by atoms with Crippen molar-refractivity contribution in [1.82, 2.24) is 4.31 Å². The maximum Gasteiger partial charge on any atom is 0.244 e. The molecule has 1 N–H and O–H groups in total. The Morgan fingerprint density at radius 1 is 1.17 bits per heavy atom. The van der Waals surface area contributed by atoms with Gasteiger partial charge in [-0.2, -0.15) is 4.31 Å². The predicted octanol–water partition coefficient (Wildman–Crippen LogP) is 3.64. The summed E-state index contributed by atoms with van der Waals surface area (Å²) >= 11 is 6.11. The fourth-order valence-electron chi connectivity index (χ4n) is 3.54. The summed E-state index contributed by atoms with van der Waals surface area (Å²) in [7, 11) is -3.60. The monoisotopic (exact) mass is 370 g/mol. The first-order valence-electron chi connectivity index (χ1n) is 8.56. The number of amides is 1. The first-order chi connectivity index (χ1) is 11.5. The summed E-state index contributed by atoms with van der Waals surface area (Å²) < 4.78 is 26.9. The molecule has 2 aliphatic rings. The highest BCUT2D eigenvalue weighted by molar-refractivity contribution is 7.89. The van der Waals surface area contributed by atoms with Crippen molar-refractivity contribution in [2.45, 2.75) is 49.8 Å². The second-order valence-corrected chi connectivity index (χ2v) is 8.97.